The van der Waals surface area contributed by atoms with Crippen LogP contribution in [-0.4, -0.2) is 84.6 Å². The predicted molar refractivity (Wildman–Crippen MR) is 269 cm³/mol. The zero-order valence-electron chi connectivity index (χ0n) is 40.7. The molecule has 5 rings (SSSR count). The minimum Gasteiger partial charge on any atom is -0.492 e. The third-order valence-corrected chi connectivity index (χ3v) is 11.0. The number of nitrogens with zero attached hydrogens (tertiary/aromatic N) is 2. The molecule has 0 radical (unpaired) electrons. The molecular weight excluding hydrogens is 920 g/mol. The lowest BCUT2D eigenvalue weighted by atomic mass is 9.90. The lowest BCUT2D eigenvalue weighted by Crippen LogP contribution is -2.54. The van der Waals surface area contributed by atoms with Gasteiger partial charge in [-0.05, 0) is 125 Å². The number of para-hydroxylation sites is 1. The normalized spacial score (nSPS) is 15.0. The van der Waals surface area contributed by atoms with Gasteiger partial charge in [0, 0.05) is 40.9 Å². The largest absolute Gasteiger partial charge is 0.492 e. The number of fused-ring (bicyclic) bond motifs is 1. The van der Waals surface area contributed by atoms with Gasteiger partial charge in [-0.25, -0.2) is 14.4 Å². The van der Waals surface area contributed by atoms with Crippen molar-refractivity contribution >= 4 is 81.9 Å². The van der Waals surface area contributed by atoms with Gasteiger partial charge in [-0.15, -0.1) is 11.6 Å². The Morgan fingerprint density at radius 3 is 2.03 bits per heavy atom. The number of halogens is 1. The first-order valence-electron chi connectivity index (χ1n) is 23.1. The molecule has 0 bridgehead atoms. The topological polar surface area (TPSA) is 226 Å². The van der Waals surface area contributed by atoms with E-state index in [9.17, 15) is 33.6 Å². The molecule has 19 heteroatoms. The Balaban J connectivity index is 1.24. The number of carbonyl (C=O) groups excluding carboxylic acids is 7. The monoisotopic (exact) mass is 982 g/mol. The average Bonchev–Trinajstić information content (AvgIpc) is 3.31. The minimum absolute atomic E-state index is 0.0478. The molecule has 4 aromatic carbocycles. The summed E-state index contributed by atoms with van der Waals surface area (Å²) in [5.41, 5.74) is 3.09. The standard InChI is InChI=1S/C51H63ClN8O10/c1-9-44(62)59-32(4)28-42(40-12-10-11-13-41(40)59)60(38-22-18-35(19-23-38)55-43(61)29-53-48(65)57-37-20-24-39(25-21-37)68-27-26-52)50(67)69-30-34-14-16-36(17-15-34)56-46(63)33(5)54-47(64)45(31(2)3)58-49(66)70-51(6,7)8/h10-25,31-33,42,45H,9,26-30H2,1-8H3,(H,54,64)(H,55,61)(H,56,63)(H,58,66)(H2,53,57,65)/t32-,33-,42+,45-/m0/s1. The summed E-state index contributed by atoms with van der Waals surface area (Å²) >= 11 is 5.66. The molecule has 0 saturated carbocycles. The number of hydrogen-bond donors (Lipinski definition) is 6. The molecule has 0 aromatic heterocycles. The number of ether oxygens (including phenoxy) is 3. The number of alkyl halides is 1. The summed E-state index contributed by atoms with van der Waals surface area (Å²) in [6.45, 7) is 13.8. The Morgan fingerprint density at radius 2 is 1.40 bits per heavy atom. The number of hydrogen-bond acceptors (Lipinski definition) is 10. The van der Waals surface area contributed by atoms with Crippen LogP contribution in [0, 0.1) is 5.92 Å². The Morgan fingerprint density at radius 1 is 0.786 bits per heavy atom. The highest BCUT2D eigenvalue weighted by Crippen LogP contribution is 2.43. The maximum absolute atomic E-state index is 14.4. The Bertz CT molecular complexity index is 2460. The predicted octanol–water partition coefficient (Wildman–Crippen LogP) is 8.48. The summed E-state index contributed by atoms with van der Waals surface area (Å²) < 4.78 is 16.7. The molecule has 374 valence electrons. The van der Waals surface area contributed by atoms with Gasteiger partial charge in [-0.2, -0.15) is 0 Å². The summed E-state index contributed by atoms with van der Waals surface area (Å²) in [5, 5.41) is 15.9. The van der Waals surface area contributed by atoms with Gasteiger partial charge in [-0.1, -0.05) is 51.1 Å². The quantitative estimate of drug-likeness (QED) is 0.0522. The highest BCUT2D eigenvalue weighted by Gasteiger charge is 2.39. The summed E-state index contributed by atoms with van der Waals surface area (Å²) in [7, 11) is 0. The lowest BCUT2D eigenvalue weighted by molar-refractivity contribution is -0.128. The number of anilines is 5. The number of amides is 8. The van der Waals surface area contributed by atoms with Crippen molar-refractivity contribution in [2.24, 2.45) is 5.92 Å². The van der Waals surface area contributed by atoms with E-state index in [1.54, 1.807) is 119 Å². The first-order chi connectivity index (χ1) is 33.3. The van der Waals surface area contributed by atoms with E-state index in [0.29, 0.717) is 65.1 Å². The summed E-state index contributed by atoms with van der Waals surface area (Å²) in [6, 6.07) is 24.1. The molecule has 6 N–H and O–H groups in total. The Kier molecular flexibility index (Phi) is 19.0. The number of urea groups is 1. The lowest BCUT2D eigenvalue weighted by Gasteiger charge is -2.43. The highest BCUT2D eigenvalue weighted by atomic mass is 35.5. The molecule has 70 heavy (non-hydrogen) atoms. The minimum atomic E-state index is -0.959. The molecule has 4 atom stereocenters. The van der Waals surface area contributed by atoms with Crippen LogP contribution in [0.15, 0.2) is 97.1 Å². The highest BCUT2D eigenvalue weighted by molar-refractivity contribution is 6.18. The molecule has 0 spiro atoms. The SMILES string of the molecule is CCC(=O)N1c2ccccc2[C@H](N(C(=O)OCc2ccc(NC(=O)[C@H](C)NC(=O)[C@@H](NC(=O)OC(C)(C)C)C(C)C)cc2)c2ccc(NC(=O)CNC(=O)Nc3ccc(OCCCl)cc3)cc2)C[C@@H]1C. The van der Waals surface area contributed by atoms with Gasteiger partial charge in [0.15, 0.2) is 0 Å². The van der Waals surface area contributed by atoms with E-state index in [-0.39, 0.29) is 31.0 Å². The maximum Gasteiger partial charge on any atom is 0.415 e. The van der Waals surface area contributed by atoms with Crippen LogP contribution < -0.4 is 46.4 Å². The Hall–Kier alpha value is -7.34. The average molecular weight is 984 g/mol. The molecule has 1 heterocycles. The Labute approximate surface area is 413 Å². The van der Waals surface area contributed by atoms with Crippen LogP contribution >= 0.6 is 11.6 Å². The van der Waals surface area contributed by atoms with Crippen LogP contribution in [0.3, 0.4) is 0 Å². The van der Waals surface area contributed by atoms with Crippen molar-refractivity contribution in [3.05, 3.63) is 108 Å². The third kappa shape index (κ3) is 15.3. The molecule has 1 aliphatic heterocycles. The van der Waals surface area contributed by atoms with E-state index in [2.05, 4.69) is 31.9 Å². The molecule has 0 fully saturated rings. The van der Waals surface area contributed by atoms with Crippen LogP contribution in [-0.2, 0) is 35.3 Å². The zero-order valence-corrected chi connectivity index (χ0v) is 41.5. The molecule has 1 aliphatic rings. The van der Waals surface area contributed by atoms with E-state index in [1.165, 1.54) is 11.8 Å². The third-order valence-electron chi connectivity index (χ3n) is 10.9. The van der Waals surface area contributed by atoms with Gasteiger partial charge in [-0.3, -0.25) is 24.1 Å². The van der Waals surface area contributed by atoms with E-state index in [1.807, 2.05) is 31.2 Å². The van der Waals surface area contributed by atoms with E-state index in [0.717, 1.165) is 5.56 Å². The van der Waals surface area contributed by atoms with E-state index < -0.39 is 59.7 Å². The van der Waals surface area contributed by atoms with Crippen molar-refractivity contribution in [3.63, 3.8) is 0 Å². The van der Waals surface area contributed by atoms with Crippen LogP contribution in [0.2, 0.25) is 0 Å². The van der Waals surface area contributed by atoms with Crippen molar-refractivity contribution in [1.82, 2.24) is 16.0 Å². The van der Waals surface area contributed by atoms with Crippen molar-refractivity contribution in [1.29, 1.82) is 0 Å². The van der Waals surface area contributed by atoms with Crippen LogP contribution in [0.1, 0.15) is 85.4 Å². The van der Waals surface area contributed by atoms with Crippen molar-refractivity contribution in [2.45, 2.75) is 105 Å². The number of benzene rings is 4. The van der Waals surface area contributed by atoms with Gasteiger partial charge in [0.05, 0.1) is 18.5 Å². The fourth-order valence-electron chi connectivity index (χ4n) is 7.51. The van der Waals surface area contributed by atoms with Crippen LogP contribution in [0.5, 0.6) is 5.75 Å². The zero-order chi connectivity index (χ0) is 51.1. The fourth-order valence-corrected chi connectivity index (χ4v) is 7.59. The molecular formula is C51H63ClN8O10. The van der Waals surface area contributed by atoms with E-state index in [4.69, 9.17) is 25.8 Å². The van der Waals surface area contributed by atoms with Crippen molar-refractivity contribution < 1.29 is 47.8 Å². The first kappa shape index (κ1) is 53.6. The van der Waals surface area contributed by atoms with Gasteiger partial charge in [0.25, 0.3) is 0 Å². The number of nitrogens with one attached hydrogen (secondary N) is 6. The smallest absolute Gasteiger partial charge is 0.415 e. The fraction of sp³-hybridized carbons (Fsp3) is 0.392. The second kappa shape index (κ2) is 24.8. The molecule has 0 aliphatic carbocycles. The maximum atomic E-state index is 14.4. The number of carbonyl (C=O) groups is 7. The van der Waals surface area contributed by atoms with Crippen LogP contribution in [0.4, 0.5) is 42.8 Å². The first-order valence-corrected chi connectivity index (χ1v) is 23.6. The van der Waals surface area contributed by atoms with E-state index >= 15 is 0 Å². The number of alkyl carbamates (subject to hydrolysis) is 1. The summed E-state index contributed by atoms with van der Waals surface area (Å²) in [6.07, 6.45) is -0.729. The molecule has 0 saturated heterocycles. The molecule has 8 amide bonds. The van der Waals surface area contributed by atoms with Gasteiger partial charge < -0.3 is 51.0 Å². The van der Waals surface area contributed by atoms with Crippen molar-refractivity contribution in [2.75, 3.05) is 44.8 Å². The molecule has 4 aromatic rings. The second-order valence-electron chi connectivity index (χ2n) is 18.0. The van der Waals surface area contributed by atoms with Gasteiger partial charge >= 0.3 is 18.2 Å². The van der Waals surface area contributed by atoms with Gasteiger partial charge in [0.1, 0.15) is 36.6 Å². The van der Waals surface area contributed by atoms with Crippen molar-refractivity contribution in [3.8, 4) is 5.75 Å². The van der Waals surface area contributed by atoms with Crippen LogP contribution in [0.25, 0.3) is 0 Å². The molecule has 0 unspecified atom stereocenters. The second-order valence-corrected chi connectivity index (χ2v) is 18.3. The molecule has 18 nitrogen and oxygen atoms in total. The van der Waals surface area contributed by atoms with Gasteiger partial charge in [0.2, 0.25) is 23.6 Å². The summed E-state index contributed by atoms with van der Waals surface area (Å²) in [4.78, 5) is 94.9. The number of rotatable bonds is 18. The summed E-state index contributed by atoms with van der Waals surface area (Å²) in [5.74, 6) is -0.930.